The highest BCUT2D eigenvalue weighted by Gasteiger charge is 2.07. The molecule has 2 aromatic rings. The minimum Gasteiger partial charge on any atom is -0.419 e. The van der Waals surface area contributed by atoms with Crippen LogP contribution in [-0.4, -0.2) is 33.8 Å². The molecule has 7 nitrogen and oxygen atoms in total. The van der Waals surface area contributed by atoms with Crippen molar-refractivity contribution in [2.45, 2.75) is 20.5 Å². The zero-order valence-electron chi connectivity index (χ0n) is 11.2. The van der Waals surface area contributed by atoms with Gasteiger partial charge in [-0.25, -0.2) is 4.98 Å². The monoisotopic (exact) mass is 263 g/mol. The van der Waals surface area contributed by atoms with Crippen LogP contribution in [0.25, 0.3) is 0 Å². The summed E-state index contributed by atoms with van der Waals surface area (Å²) in [5, 5.41) is 9.77. The van der Waals surface area contributed by atoms with E-state index in [1.807, 2.05) is 13.8 Å². The molecule has 0 amide bonds. The Morgan fingerprint density at radius 2 is 2.11 bits per heavy atom. The molecule has 0 aromatic carbocycles. The van der Waals surface area contributed by atoms with Gasteiger partial charge >= 0.3 is 0 Å². The van der Waals surface area contributed by atoms with E-state index in [0.29, 0.717) is 36.6 Å². The predicted molar refractivity (Wildman–Crippen MR) is 70.3 cm³/mol. The van der Waals surface area contributed by atoms with Gasteiger partial charge in [0.1, 0.15) is 12.4 Å². The fraction of sp³-hybridized carbons (Fsp3) is 0.417. The van der Waals surface area contributed by atoms with Crippen LogP contribution in [0.15, 0.2) is 12.1 Å². The summed E-state index contributed by atoms with van der Waals surface area (Å²) in [4.78, 5) is 8.55. The Balaban J connectivity index is 2.18. The van der Waals surface area contributed by atoms with Crippen molar-refractivity contribution in [2.24, 2.45) is 0 Å². The molecule has 2 heterocycles. The van der Waals surface area contributed by atoms with E-state index in [-0.39, 0.29) is 0 Å². The summed E-state index contributed by atoms with van der Waals surface area (Å²) in [5.74, 6) is 2.14. The molecule has 0 aliphatic rings. The van der Waals surface area contributed by atoms with Crippen LogP contribution in [0.3, 0.4) is 0 Å². The summed E-state index contributed by atoms with van der Waals surface area (Å²) >= 11 is 0. The van der Waals surface area contributed by atoms with Gasteiger partial charge in [-0.2, -0.15) is 4.98 Å². The van der Waals surface area contributed by atoms with Crippen molar-refractivity contribution >= 4 is 5.82 Å². The molecule has 0 saturated heterocycles. The van der Waals surface area contributed by atoms with Crippen LogP contribution < -0.4 is 10.1 Å². The van der Waals surface area contributed by atoms with Crippen LogP contribution in [0, 0.1) is 6.92 Å². The number of aromatic amines is 1. The quantitative estimate of drug-likeness (QED) is 0.827. The smallest absolute Gasteiger partial charge is 0.240 e. The first-order valence-electron chi connectivity index (χ1n) is 6.04. The van der Waals surface area contributed by atoms with Gasteiger partial charge in [-0.15, -0.1) is 5.10 Å². The highest BCUT2D eigenvalue weighted by atomic mass is 16.5. The van der Waals surface area contributed by atoms with Gasteiger partial charge in [-0.05, 0) is 13.8 Å². The largest absolute Gasteiger partial charge is 0.419 e. The van der Waals surface area contributed by atoms with Crippen LogP contribution in [0.4, 0.5) is 5.82 Å². The van der Waals surface area contributed by atoms with Gasteiger partial charge in [-0.1, -0.05) is 0 Å². The number of aromatic nitrogens is 4. The molecule has 0 radical (unpaired) electrons. The first-order valence-corrected chi connectivity index (χ1v) is 6.04. The van der Waals surface area contributed by atoms with Crippen molar-refractivity contribution in [3.8, 4) is 11.8 Å². The Morgan fingerprint density at radius 3 is 2.74 bits per heavy atom. The zero-order chi connectivity index (χ0) is 13.7. The first kappa shape index (κ1) is 13.3. The zero-order valence-corrected chi connectivity index (χ0v) is 11.2. The maximum atomic E-state index is 5.57. The summed E-state index contributed by atoms with van der Waals surface area (Å²) in [6, 6.07) is 3.50. The fourth-order valence-electron chi connectivity index (χ4n) is 1.46. The third-order valence-corrected chi connectivity index (χ3v) is 2.33. The summed E-state index contributed by atoms with van der Waals surface area (Å²) in [7, 11) is 1.79. The van der Waals surface area contributed by atoms with Crippen LogP contribution in [0.1, 0.15) is 18.4 Å². The van der Waals surface area contributed by atoms with E-state index >= 15 is 0 Å². The average molecular weight is 263 g/mol. The Labute approximate surface area is 111 Å². The molecule has 2 aromatic heterocycles. The molecule has 0 aliphatic carbocycles. The predicted octanol–water partition coefficient (Wildman–Crippen LogP) is 1.88. The first-order chi connectivity index (χ1) is 9.21. The third kappa shape index (κ3) is 3.65. The Morgan fingerprint density at radius 1 is 1.26 bits per heavy atom. The number of H-pyrrole nitrogens is 1. The number of rotatable bonds is 6. The highest BCUT2D eigenvalue weighted by Crippen LogP contribution is 2.20. The van der Waals surface area contributed by atoms with Gasteiger partial charge in [0.05, 0.1) is 0 Å². The van der Waals surface area contributed by atoms with Crippen molar-refractivity contribution in [1.29, 1.82) is 0 Å². The number of aryl methyl sites for hydroxylation is 1. The standard InChI is InChI=1S/C12H17N5O2/c1-4-18-7-10-14-9(13-3)6-11(15-10)19-12-5-8(2)16-17-12/h5-6H,4,7H2,1-3H3,(H,16,17)(H,13,14,15). The number of hydrogen-bond donors (Lipinski definition) is 2. The minimum atomic E-state index is 0.349. The summed E-state index contributed by atoms with van der Waals surface area (Å²) in [5.41, 5.74) is 0.924. The van der Waals surface area contributed by atoms with Crippen LogP contribution in [-0.2, 0) is 11.3 Å². The molecule has 0 aliphatic heterocycles. The molecule has 0 atom stereocenters. The van der Waals surface area contributed by atoms with Crippen molar-refractivity contribution in [1.82, 2.24) is 20.2 Å². The van der Waals surface area contributed by atoms with Gasteiger partial charge in [0.15, 0.2) is 5.82 Å². The van der Waals surface area contributed by atoms with E-state index in [1.54, 1.807) is 19.2 Å². The van der Waals surface area contributed by atoms with E-state index in [9.17, 15) is 0 Å². The van der Waals surface area contributed by atoms with Gasteiger partial charge in [0.2, 0.25) is 11.8 Å². The lowest BCUT2D eigenvalue weighted by molar-refractivity contribution is 0.128. The van der Waals surface area contributed by atoms with E-state index in [0.717, 1.165) is 5.69 Å². The fourth-order valence-corrected chi connectivity index (χ4v) is 1.46. The van der Waals surface area contributed by atoms with Crippen molar-refractivity contribution in [3.05, 3.63) is 23.7 Å². The van der Waals surface area contributed by atoms with Crippen LogP contribution in [0.2, 0.25) is 0 Å². The maximum Gasteiger partial charge on any atom is 0.240 e. The Hall–Kier alpha value is -2.15. The lowest BCUT2D eigenvalue weighted by atomic mass is 10.5. The molecular weight excluding hydrogens is 246 g/mol. The lowest BCUT2D eigenvalue weighted by Crippen LogP contribution is -2.04. The second-order valence-corrected chi connectivity index (χ2v) is 3.89. The second kappa shape index (κ2) is 6.14. The molecule has 0 unspecified atom stereocenters. The van der Waals surface area contributed by atoms with Crippen LogP contribution >= 0.6 is 0 Å². The van der Waals surface area contributed by atoms with Crippen molar-refractivity contribution in [2.75, 3.05) is 19.0 Å². The van der Waals surface area contributed by atoms with Gasteiger partial charge in [0.25, 0.3) is 0 Å². The van der Waals surface area contributed by atoms with Crippen molar-refractivity contribution < 1.29 is 9.47 Å². The normalized spacial score (nSPS) is 10.5. The average Bonchev–Trinajstić information content (AvgIpc) is 2.81. The van der Waals surface area contributed by atoms with E-state index in [4.69, 9.17) is 9.47 Å². The highest BCUT2D eigenvalue weighted by molar-refractivity contribution is 5.38. The van der Waals surface area contributed by atoms with Crippen molar-refractivity contribution in [3.63, 3.8) is 0 Å². The molecule has 0 saturated carbocycles. The third-order valence-electron chi connectivity index (χ3n) is 2.33. The molecule has 0 fully saturated rings. The molecule has 19 heavy (non-hydrogen) atoms. The Kier molecular flexibility index (Phi) is 4.30. The van der Waals surface area contributed by atoms with Gasteiger partial charge < -0.3 is 14.8 Å². The Bertz CT molecular complexity index is 541. The number of nitrogens with one attached hydrogen (secondary N) is 2. The number of nitrogens with zero attached hydrogens (tertiary/aromatic N) is 3. The molecule has 0 spiro atoms. The molecule has 7 heteroatoms. The van der Waals surface area contributed by atoms with E-state index < -0.39 is 0 Å². The van der Waals surface area contributed by atoms with E-state index in [1.165, 1.54) is 0 Å². The summed E-state index contributed by atoms with van der Waals surface area (Å²) < 4.78 is 10.9. The summed E-state index contributed by atoms with van der Waals surface area (Å²) in [6.45, 7) is 4.79. The SMILES string of the molecule is CCOCc1nc(NC)cc(Oc2cc(C)[nH]n2)n1. The number of hydrogen-bond acceptors (Lipinski definition) is 6. The lowest BCUT2D eigenvalue weighted by Gasteiger charge is -2.07. The molecule has 0 bridgehead atoms. The molecule has 2 rings (SSSR count). The van der Waals surface area contributed by atoms with Gasteiger partial charge in [0, 0.05) is 31.5 Å². The number of anilines is 1. The maximum absolute atomic E-state index is 5.57. The van der Waals surface area contributed by atoms with Crippen LogP contribution in [0.5, 0.6) is 11.8 Å². The topological polar surface area (TPSA) is 85.0 Å². The minimum absolute atomic E-state index is 0.349. The summed E-state index contributed by atoms with van der Waals surface area (Å²) in [6.07, 6.45) is 0. The molecule has 102 valence electrons. The number of ether oxygens (including phenoxy) is 2. The molecular formula is C12H17N5O2. The van der Waals surface area contributed by atoms with Gasteiger partial charge in [-0.3, -0.25) is 5.10 Å². The van der Waals surface area contributed by atoms with E-state index in [2.05, 4.69) is 25.5 Å². The second-order valence-electron chi connectivity index (χ2n) is 3.89. The molecule has 2 N–H and O–H groups in total.